The second-order valence-corrected chi connectivity index (χ2v) is 3.17. The molecular weight excluding hydrogens is 196 g/mol. The first kappa shape index (κ1) is 9.60. The molecule has 0 spiro atoms. The second kappa shape index (κ2) is 3.32. The van der Waals surface area contributed by atoms with Crippen molar-refractivity contribution in [3.05, 3.63) is 23.9 Å². The highest BCUT2D eigenvalue weighted by atomic mass is 16.2. The van der Waals surface area contributed by atoms with E-state index in [9.17, 15) is 9.59 Å². The van der Waals surface area contributed by atoms with Gasteiger partial charge in [0.15, 0.2) is 0 Å². The Morgan fingerprint density at radius 3 is 2.47 bits per heavy atom. The van der Waals surface area contributed by atoms with Gasteiger partial charge in [0.25, 0.3) is 11.8 Å². The lowest BCUT2D eigenvalue weighted by atomic mass is 10.3. The highest BCUT2D eigenvalue weighted by Crippen LogP contribution is 2.22. The smallest absolute Gasteiger partial charge is 0.259 e. The summed E-state index contributed by atoms with van der Waals surface area (Å²) in [4.78, 5) is 23.9. The number of anilines is 1. The Kier molecular flexibility index (Phi) is 2.12. The van der Waals surface area contributed by atoms with Crippen LogP contribution < -0.4 is 10.6 Å². The van der Waals surface area contributed by atoms with Crippen LogP contribution in [0.1, 0.15) is 5.56 Å². The molecule has 0 radical (unpaired) electrons. The lowest BCUT2D eigenvalue weighted by molar-refractivity contribution is -0.120. The molecule has 6 nitrogen and oxygen atoms in total. The van der Waals surface area contributed by atoms with Gasteiger partial charge in [-0.3, -0.25) is 14.3 Å². The predicted molar refractivity (Wildman–Crippen MR) is 52.7 cm³/mol. The Hall–Kier alpha value is -1.95. The second-order valence-electron chi connectivity index (χ2n) is 3.17. The molecule has 15 heavy (non-hydrogen) atoms. The van der Waals surface area contributed by atoms with Gasteiger partial charge in [-0.2, -0.15) is 5.10 Å². The van der Waals surface area contributed by atoms with Crippen molar-refractivity contribution in [2.75, 3.05) is 4.90 Å². The SMILES string of the molecule is Cn1ncc(CN)c1N1C(=O)C=CC1=O. The first-order valence-corrected chi connectivity index (χ1v) is 4.42. The average molecular weight is 206 g/mol. The van der Waals surface area contributed by atoms with Crippen LogP contribution in [0, 0.1) is 0 Å². The van der Waals surface area contributed by atoms with Crippen molar-refractivity contribution in [3.63, 3.8) is 0 Å². The normalized spacial score (nSPS) is 15.5. The van der Waals surface area contributed by atoms with Gasteiger partial charge in [0, 0.05) is 31.3 Å². The van der Waals surface area contributed by atoms with Crippen molar-refractivity contribution < 1.29 is 9.59 Å². The van der Waals surface area contributed by atoms with Crippen LogP contribution in [0.15, 0.2) is 18.3 Å². The van der Waals surface area contributed by atoms with Gasteiger partial charge in [-0.15, -0.1) is 0 Å². The zero-order valence-electron chi connectivity index (χ0n) is 8.17. The van der Waals surface area contributed by atoms with Crippen LogP contribution in [0.25, 0.3) is 0 Å². The maximum atomic E-state index is 11.4. The highest BCUT2D eigenvalue weighted by molar-refractivity contribution is 6.28. The van der Waals surface area contributed by atoms with E-state index in [1.807, 2.05) is 0 Å². The molecule has 0 aromatic carbocycles. The van der Waals surface area contributed by atoms with E-state index in [1.54, 1.807) is 13.2 Å². The third-order valence-corrected chi connectivity index (χ3v) is 2.22. The topological polar surface area (TPSA) is 81.2 Å². The van der Waals surface area contributed by atoms with Gasteiger partial charge in [-0.1, -0.05) is 0 Å². The molecule has 0 aliphatic carbocycles. The average Bonchev–Trinajstić information content (AvgIpc) is 2.71. The Bertz CT molecular complexity index is 443. The van der Waals surface area contributed by atoms with E-state index >= 15 is 0 Å². The molecule has 0 atom stereocenters. The van der Waals surface area contributed by atoms with E-state index in [2.05, 4.69) is 5.10 Å². The number of hydrogen-bond donors (Lipinski definition) is 1. The third kappa shape index (κ3) is 1.35. The molecule has 0 saturated heterocycles. The molecule has 0 saturated carbocycles. The van der Waals surface area contributed by atoms with Crippen LogP contribution in [0.4, 0.5) is 5.82 Å². The quantitative estimate of drug-likeness (QED) is 0.649. The van der Waals surface area contributed by atoms with Gasteiger partial charge in [-0.25, -0.2) is 4.90 Å². The summed E-state index contributed by atoms with van der Waals surface area (Å²) in [6.07, 6.45) is 4.01. The molecule has 1 aliphatic rings. The number of carbonyl (C=O) groups excluding carboxylic acids is 2. The van der Waals surface area contributed by atoms with Gasteiger partial charge in [0.05, 0.1) is 6.20 Å². The van der Waals surface area contributed by atoms with E-state index in [0.717, 1.165) is 4.90 Å². The summed E-state index contributed by atoms with van der Waals surface area (Å²) in [6.45, 7) is 0.236. The number of aromatic nitrogens is 2. The largest absolute Gasteiger partial charge is 0.326 e. The summed E-state index contributed by atoms with van der Waals surface area (Å²) in [5.74, 6) is -0.283. The van der Waals surface area contributed by atoms with Crippen LogP contribution in [0.2, 0.25) is 0 Å². The van der Waals surface area contributed by atoms with Crippen molar-refractivity contribution in [1.29, 1.82) is 0 Å². The molecule has 2 heterocycles. The summed E-state index contributed by atoms with van der Waals surface area (Å²) >= 11 is 0. The fraction of sp³-hybridized carbons (Fsp3) is 0.222. The van der Waals surface area contributed by atoms with Gasteiger partial charge in [0.1, 0.15) is 5.82 Å². The Morgan fingerprint density at radius 2 is 1.93 bits per heavy atom. The van der Waals surface area contributed by atoms with Crippen molar-refractivity contribution in [2.24, 2.45) is 12.8 Å². The predicted octanol–water partition coefficient (Wildman–Crippen LogP) is -0.692. The zero-order valence-corrected chi connectivity index (χ0v) is 8.17. The Balaban J connectivity index is 2.49. The molecule has 1 aromatic heterocycles. The molecule has 1 aromatic rings. The monoisotopic (exact) mass is 206 g/mol. The van der Waals surface area contributed by atoms with E-state index in [-0.39, 0.29) is 18.4 Å². The van der Waals surface area contributed by atoms with Crippen LogP contribution >= 0.6 is 0 Å². The summed E-state index contributed by atoms with van der Waals surface area (Å²) in [5.41, 5.74) is 6.17. The number of rotatable bonds is 2. The fourth-order valence-electron chi connectivity index (χ4n) is 1.52. The molecule has 2 amide bonds. The molecule has 2 N–H and O–H groups in total. The summed E-state index contributed by atoms with van der Waals surface area (Å²) < 4.78 is 1.46. The van der Waals surface area contributed by atoms with Gasteiger partial charge >= 0.3 is 0 Å². The number of amides is 2. The molecule has 0 fully saturated rings. The minimum absolute atomic E-state index is 0.236. The van der Waals surface area contributed by atoms with Crippen molar-refractivity contribution >= 4 is 17.6 Å². The van der Waals surface area contributed by atoms with E-state index in [0.29, 0.717) is 11.4 Å². The Labute approximate surface area is 86.0 Å². The molecule has 1 aliphatic heterocycles. The molecule has 0 unspecified atom stereocenters. The number of nitrogens with zero attached hydrogens (tertiary/aromatic N) is 3. The number of aryl methyl sites for hydroxylation is 1. The van der Waals surface area contributed by atoms with Gasteiger partial charge < -0.3 is 5.73 Å². The summed E-state index contributed by atoms with van der Waals surface area (Å²) in [5, 5.41) is 3.96. The third-order valence-electron chi connectivity index (χ3n) is 2.22. The molecule has 78 valence electrons. The minimum Gasteiger partial charge on any atom is -0.326 e. The zero-order chi connectivity index (χ0) is 11.0. The summed E-state index contributed by atoms with van der Waals surface area (Å²) in [6, 6.07) is 0. The van der Waals surface area contributed by atoms with Crippen molar-refractivity contribution in [2.45, 2.75) is 6.54 Å². The van der Waals surface area contributed by atoms with Crippen LogP contribution in [-0.4, -0.2) is 21.6 Å². The van der Waals surface area contributed by atoms with Crippen LogP contribution in [0.3, 0.4) is 0 Å². The van der Waals surface area contributed by atoms with Crippen LogP contribution in [-0.2, 0) is 23.2 Å². The van der Waals surface area contributed by atoms with Crippen molar-refractivity contribution in [3.8, 4) is 0 Å². The maximum absolute atomic E-state index is 11.4. The number of carbonyl (C=O) groups is 2. The Morgan fingerprint density at radius 1 is 1.33 bits per heavy atom. The van der Waals surface area contributed by atoms with E-state index in [4.69, 9.17) is 5.73 Å². The van der Waals surface area contributed by atoms with Gasteiger partial charge in [0.2, 0.25) is 0 Å². The number of imide groups is 1. The number of hydrogen-bond acceptors (Lipinski definition) is 4. The number of nitrogens with two attached hydrogens (primary N) is 1. The fourth-order valence-corrected chi connectivity index (χ4v) is 1.52. The highest BCUT2D eigenvalue weighted by Gasteiger charge is 2.29. The standard InChI is InChI=1S/C9H10N4O2/c1-12-9(6(4-10)5-11-12)13-7(14)2-3-8(13)15/h2-3,5H,4,10H2,1H3. The first-order valence-electron chi connectivity index (χ1n) is 4.42. The molecule has 0 bridgehead atoms. The summed E-state index contributed by atoms with van der Waals surface area (Å²) in [7, 11) is 1.66. The van der Waals surface area contributed by atoms with E-state index < -0.39 is 0 Å². The molecule has 6 heteroatoms. The van der Waals surface area contributed by atoms with Crippen LogP contribution in [0.5, 0.6) is 0 Å². The van der Waals surface area contributed by atoms with E-state index in [1.165, 1.54) is 16.8 Å². The lowest BCUT2D eigenvalue weighted by Crippen LogP contribution is -2.32. The van der Waals surface area contributed by atoms with Crippen molar-refractivity contribution in [1.82, 2.24) is 9.78 Å². The minimum atomic E-state index is -0.363. The molecular formula is C9H10N4O2. The molecule has 2 rings (SSSR count). The maximum Gasteiger partial charge on any atom is 0.259 e. The first-order chi connectivity index (χ1) is 7.15. The van der Waals surface area contributed by atoms with Gasteiger partial charge in [-0.05, 0) is 0 Å². The lowest BCUT2D eigenvalue weighted by Gasteiger charge is -2.15.